The second-order valence-electron chi connectivity index (χ2n) is 6.74. The topological polar surface area (TPSA) is 79.8 Å². The van der Waals surface area contributed by atoms with Crippen LogP contribution in [0.3, 0.4) is 0 Å². The molecule has 150 valence electrons. The summed E-state index contributed by atoms with van der Waals surface area (Å²) in [4.78, 5) is 24.4. The highest BCUT2D eigenvalue weighted by atomic mass is 16.5. The monoisotopic (exact) mass is 385 g/mol. The highest BCUT2D eigenvalue weighted by Gasteiger charge is 2.20. The number of nitrogens with zero attached hydrogens (tertiary/aromatic N) is 4. The zero-order chi connectivity index (χ0) is 19.9. The lowest BCUT2D eigenvalue weighted by molar-refractivity contribution is -0.119. The number of methoxy groups -OCH3 is 2. The summed E-state index contributed by atoms with van der Waals surface area (Å²) in [6.07, 6.45) is 0. The van der Waals surface area contributed by atoms with E-state index in [1.807, 2.05) is 0 Å². The Kier molecular flexibility index (Phi) is 6.65. The van der Waals surface area contributed by atoms with E-state index < -0.39 is 0 Å². The molecule has 1 aliphatic rings. The predicted molar refractivity (Wildman–Crippen MR) is 107 cm³/mol. The molecule has 0 bridgehead atoms. The third kappa shape index (κ3) is 5.32. The number of ether oxygens (including phenoxy) is 2. The largest absolute Gasteiger partial charge is 0.481 e. The molecular formula is C20H27N5O3. The maximum Gasteiger partial charge on any atom is 0.232 e. The molecule has 0 atom stereocenters. The van der Waals surface area contributed by atoms with E-state index in [0.29, 0.717) is 24.3 Å². The quantitative estimate of drug-likeness (QED) is 0.773. The first-order chi connectivity index (χ1) is 13.6. The normalized spacial score (nSPS) is 14.6. The number of rotatable bonds is 7. The molecule has 1 saturated heterocycles. The van der Waals surface area contributed by atoms with E-state index in [-0.39, 0.29) is 5.91 Å². The minimum Gasteiger partial charge on any atom is -0.481 e. The Hall–Kier alpha value is -2.87. The van der Waals surface area contributed by atoms with Crippen molar-refractivity contribution < 1.29 is 14.3 Å². The summed E-state index contributed by atoms with van der Waals surface area (Å²) in [5.74, 6) is 1.63. The number of hydrogen-bond acceptors (Lipinski definition) is 7. The third-order valence-corrected chi connectivity index (χ3v) is 4.71. The van der Waals surface area contributed by atoms with Crippen LogP contribution in [0, 0.1) is 0 Å². The van der Waals surface area contributed by atoms with Crippen molar-refractivity contribution in [3.63, 3.8) is 0 Å². The van der Waals surface area contributed by atoms with E-state index in [0.717, 1.165) is 38.3 Å². The zero-order valence-corrected chi connectivity index (χ0v) is 16.6. The Morgan fingerprint density at radius 3 is 2.11 bits per heavy atom. The van der Waals surface area contributed by atoms with Crippen molar-refractivity contribution in [1.82, 2.24) is 20.2 Å². The fourth-order valence-electron chi connectivity index (χ4n) is 3.10. The van der Waals surface area contributed by atoms with Crippen LogP contribution < -0.4 is 19.7 Å². The van der Waals surface area contributed by atoms with Crippen LogP contribution in [0.2, 0.25) is 0 Å². The molecule has 0 spiro atoms. The summed E-state index contributed by atoms with van der Waals surface area (Å²) >= 11 is 0. The molecule has 1 amide bonds. The molecule has 1 fully saturated rings. The molecule has 1 aromatic carbocycles. The molecule has 1 aliphatic heterocycles. The molecule has 2 heterocycles. The minimum absolute atomic E-state index is 0.0143. The molecule has 0 saturated carbocycles. The first kappa shape index (κ1) is 19.9. The van der Waals surface area contributed by atoms with E-state index in [2.05, 4.69) is 49.4 Å². The lowest BCUT2D eigenvalue weighted by Crippen LogP contribution is -2.46. The van der Waals surface area contributed by atoms with Crippen molar-refractivity contribution in [2.45, 2.75) is 20.0 Å². The van der Waals surface area contributed by atoms with E-state index in [9.17, 15) is 4.79 Å². The SMILES string of the molecule is COc1cc(OC)nc(N2CCN(Cc3ccc(CNC(C)=O)cc3)CC2)n1. The summed E-state index contributed by atoms with van der Waals surface area (Å²) in [6, 6.07) is 10.1. The molecular weight excluding hydrogens is 358 g/mol. The van der Waals surface area contributed by atoms with Gasteiger partial charge in [0.05, 0.1) is 20.3 Å². The fraction of sp³-hybridized carbons (Fsp3) is 0.450. The molecule has 1 aromatic heterocycles. The van der Waals surface area contributed by atoms with Crippen molar-refractivity contribution in [2.24, 2.45) is 0 Å². The molecule has 0 radical (unpaired) electrons. The first-order valence-corrected chi connectivity index (χ1v) is 9.34. The third-order valence-electron chi connectivity index (χ3n) is 4.71. The van der Waals surface area contributed by atoms with Crippen LogP contribution in [0.4, 0.5) is 5.95 Å². The summed E-state index contributed by atoms with van der Waals surface area (Å²) in [5.41, 5.74) is 2.37. The van der Waals surface area contributed by atoms with E-state index in [1.54, 1.807) is 20.3 Å². The lowest BCUT2D eigenvalue weighted by atomic mass is 10.1. The van der Waals surface area contributed by atoms with E-state index in [1.165, 1.54) is 12.5 Å². The average Bonchev–Trinajstić information content (AvgIpc) is 2.73. The van der Waals surface area contributed by atoms with Crippen molar-refractivity contribution in [1.29, 1.82) is 0 Å². The number of hydrogen-bond donors (Lipinski definition) is 1. The zero-order valence-electron chi connectivity index (χ0n) is 16.6. The summed E-state index contributed by atoms with van der Waals surface area (Å²) < 4.78 is 10.5. The maximum atomic E-state index is 11.0. The van der Waals surface area contributed by atoms with Gasteiger partial charge in [0, 0.05) is 46.2 Å². The Morgan fingerprint density at radius 1 is 1.00 bits per heavy atom. The first-order valence-electron chi connectivity index (χ1n) is 9.34. The van der Waals surface area contributed by atoms with E-state index in [4.69, 9.17) is 9.47 Å². The predicted octanol–water partition coefficient (Wildman–Crippen LogP) is 1.45. The van der Waals surface area contributed by atoms with Crippen LogP contribution in [0.25, 0.3) is 0 Å². The lowest BCUT2D eigenvalue weighted by Gasteiger charge is -2.34. The summed E-state index contributed by atoms with van der Waals surface area (Å²) in [5, 5.41) is 2.81. The Bertz CT molecular complexity index is 767. The standard InChI is InChI=1S/C20H27N5O3/c1-15(26)21-13-16-4-6-17(7-5-16)14-24-8-10-25(11-9-24)20-22-18(27-2)12-19(23-20)28-3/h4-7,12H,8-11,13-14H2,1-3H3,(H,21,26). The molecule has 2 aromatic rings. The van der Waals surface area contributed by atoms with E-state index >= 15 is 0 Å². The second kappa shape index (κ2) is 9.36. The number of carbonyl (C=O) groups excluding carboxylic acids is 1. The van der Waals surface area contributed by atoms with Gasteiger partial charge in [0.2, 0.25) is 23.6 Å². The molecule has 8 heteroatoms. The molecule has 0 unspecified atom stereocenters. The fourth-order valence-corrected chi connectivity index (χ4v) is 3.10. The van der Waals surface area contributed by atoms with Gasteiger partial charge in [-0.1, -0.05) is 24.3 Å². The van der Waals surface area contributed by atoms with Crippen LogP contribution in [-0.4, -0.2) is 61.2 Å². The van der Waals surface area contributed by atoms with Crippen LogP contribution in [0.5, 0.6) is 11.8 Å². The van der Waals surface area contributed by atoms with Crippen molar-refractivity contribution >= 4 is 11.9 Å². The van der Waals surface area contributed by atoms with Gasteiger partial charge in [0.1, 0.15) is 0 Å². The van der Waals surface area contributed by atoms with Gasteiger partial charge >= 0.3 is 0 Å². The van der Waals surface area contributed by atoms with Gasteiger partial charge in [-0.3, -0.25) is 9.69 Å². The average molecular weight is 385 g/mol. The Morgan fingerprint density at radius 2 is 1.57 bits per heavy atom. The molecule has 8 nitrogen and oxygen atoms in total. The molecule has 28 heavy (non-hydrogen) atoms. The number of anilines is 1. The number of amides is 1. The number of aromatic nitrogens is 2. The van der Waals surface area contributed by atoms with Crippen molar-refractivity contribution in [3.05, 3.63) is 41.5 Å². The van der Waals surface area contributed by atoms with Crippen LogP contribution in [0.1, 0.15) is 18.1 Å². The number of nitrogens with one attached hydrogen (secondary N) is 1. The van der Waals surface area contributed by atoms with Gasteiger partial charge < -0.3 is 19.7 Å². The Balaban J connectivity index is 1.53. The van der Waals surface area contributed by atoms with Gasteiger partial charge in [0.25, 0.3) is 0 Å². The maximum absolute atomic E-state index is 11.0. The Labute approximate surface area is 165 Å². The second-order valence-corrected chi connectivity index (χ2v) is 6.74. The van der Waals surface area contributed by atoms with Gasteiger partial charge in [-0.05, 0) is 11.1 Å². The van der Waals surface area contributed by atoms with Crippen LogP contribution in [-0.2, 0) is 17.9 Å². The number of piperazine rings is 1. The van der Waals surface area contributed by atoms with Gasteiger partial charge in [-0.15, -0.1) is 0 Å². The molecule has 1 N–H and O–H groups in total. The summed E-state index contributed by atoms with van der Waals surface area (Å²) in [7, 11) is 3.18. The molecule has 3 rings (SSSR count). The summed E-state index contributed by atoms with van der Waals surface area (Å²) in [6.45, 7) is 6.54. The number of carbonyl (C=O) groups is 1. The molecule has 0 aliphatic carbocycles. The van der Waals surface area contributed by atoms with Crippen LogP contribution in [0.15, 0.2) is 30.3 Å². The smallest absolute Gasteiger partial charge is 0.232 e. The van der Waals surface area contributed by atoms with Crippen LogP contribution >= 0.6 is 0 Å². The van der Waals surface area contributed by atoms with Crippen molar-refractivity contribution in [2.75, 3.05) is 45.3 Å². The number of benzene rings is 1. The van der Waals surface area contributed by atoms with Gasteiger partial charge in [-0.2, -0.15) is 9.97 Å². The van der Waals surface area contributed by atoms with Crippen molar-refractivity contribution in [3.8, 4) is 11.8 Å². The highest BCUT2D eigenvalue weighted by molar-refractivity contribution is 5.72. The minimum atomic E-state index is -0.0143. The van der Waals surface area contributed by atoms with Gasteiger partial charge in [0.15, 0.2) is 0 Å². The highest BCUT2D eigenvalue weighted by Crippen LogP contribution is 2.21. The van der Waals surface area contributed by atoms with Gasteiger partial charge in [-0.25, -0.2) is 0 Å².